The molecule has 0 aliphatic rings. The van der Waals surface area contributed by atoms with Crippen molar-refractivity contribution in [3.63, 3.8) is 0 Å². The Labute approximate surface area is 162 Å². The number of aryl methyl sites for hydroxylation is 1. The summed E-state index contributed by atoms with van der Waals surface area (Å²) in [5, 5.41) is 1.35. The number of rotatable bonds is 15. The minimum absolute atomic E-state index is 0.847. The molecule has 1 heterocycles. The normalized spacial score (nSPS) is 12.7. The summed E-state index contributed by atoms with van der Waals surface area (Å²) in [4.78, 5) is 3.56. The molecule has 0 amide bonds. The van der Waals surface area contributed by atoms with Crippen molar-refractivity contribution in [2.75, 3.05) is 0 Å². The Bertz CT molecular complexity index is 550. The van der Waals surface area contributed by atoms with Gasteiger partial charge in [-0.05, 0) is 36.3 Å². The van der Waals surface area contributed by atoms with Gasteiger partial charge in [-0.1, -0.05) is 109 Å². The van der Waals surface area contributed by atoms with Gasteiger partial charge in [0.2, 0.25) is 0 Å². The van der Waals surface area contributed by atoms with Crippen LogP contribution in [0.4, 0.5) is 0 Å². The van der Waals surface area contributed by atoms with Gasteiger partial charge in [-0.25, -0.2) is 0 Å². The van der Waals surface area contributed by atoms with E-state index in [9.17, 15) is 0 Å². The molecule has 0 aliphatic carbocycles. The van der Waals surface area contributed by atoms with Gasteiger partial charge in [0.05, 0.1) is 0 Å². The summed E-state index contributed by atoms with van der Waals surface area (Å²) in [6, 6.07) is 10.9. The zero-order chi connectivity index (χ0) is 18.5. The third-order valence-electron chi connectivity index (χ3n) is 5.79. The van der Waals surface area contributed by atoms with Crippen LogP contribution in [0.1, 0.15) is 103 Å². The van der Waals surface area contributed by atoms with Crippen molar-refractivity contribution >= 4 is 10.9 Å². The highest BCUT2D eigenvalue weighted by atomic mass is 14.7. The number of unbranched alkanes of at least 4 members (excludes halogenated alkanes) is 10. The van der Waals surface area contributed by atoms with E-state index in [0.717, 1.165) is 5.92 Å². The first-order valence-corrected chi connectivity index (χ1v) is 11.4. The molecule has 0 radical (unpaired) electrons. The number of benzene rings is 1. The largest absolute Gasteiger partial charge is 0.358 e. The molecular weight excluding hydrogens is 314 g/mol. The van der Waals surface area contributed by atoms with Crippen LogP contribution in [-0.2, 0) is 6.42 Å². The molecule has 0 spiro atoms. The SMILES string of the molecule is CCCCCCCCCCCCCC(C)CCc1cc2ccccc2[nH]1. The summed E-state index contributed by atoms with van der Waals surface area (Å²) in [5.74, 6) is 0.847. The lowest BCUT2D eigenvalue weighted by Crippen LogP contribution is -1.98. The fourth-order valence-corrected chi connectivity index (χ4v) is 3.97. The molecule has 2 aromatic rings. The van der Waals surface area contributed by atoms with Gasteiger partial charge in [0, 0.05) is 11.2 Å². The molecular formula is C25H41N. The van der Waals surface area contributed by atoms with E-state index in [1.54, 1.807) is 0 Å². The number of para-hydroxylation sites is 1. The summed E-state index contributed by atoms with van der Waals surface area (Å²) >= 11 is 0. The van der Waals surface area contributed by atoms with E-state index in [1.165, 1.54) is 106 Å². The van der Waals surface area contributed by atoms with Crippen molar-refractivity contribution in [2.45, 2.75) is 104 Å². The van der Waals surface area contributed by atoms with Crippen LogP contribution in [-0.4, -0.2) is 4.98 Å². The fourth-order valence-electron chi connectivity index (χ4n) is 3.97. The zero-order valence-electron chi connectivity index (χ0n) is 17.4. The average molecular weight is 356 g/mol. The van der Waals surface area contributed by atoms with Crippen LogP contribution in [0.3, 0.4) is 0 Å². The Morgan fingerprint density at radius 2 is 1.38 bits per heavy atom. The number of nitrogens with one attached hydrogen (secondary N) is 1. The lowest BCUT2D eigenvalue weighted by molar-refractivity contribution is 0.453. The highest BCUT2D eigenvalue weighted by Gasteiger charge is 2.05. The summed E-state index contributed by atoms with van der Waals surface area (Å²) in [6.45, 7) is 4.72. The maximum absolute atomic E-state index is 3.56. The first-order chi connectivity index (χ1) is 12.8. The molecule has 1 atom stereocenters. The summed E-state index contributed by atoms with van der Waals surface area (Å²) in [6.07, 6.45) is 19.7. The molecule has 0 saturated heterocycles. The zero-order valence-corrected chi connectivity index (χ0v) is 17.4. The Kier molecular flexibility index (Phi) is 10.5. The van der Waals surface area contributed by atoms with Gasteiger partial charge in [-0.15, -0.1) is 0 Å². The lowest BCUT2D eigenvalue weighted by Gasteiger charge is -2.10. The molecule has 0 bridgehead atoms. The van der Waals surface area contributed by atoms with Crippen LogP contribution in [0, 0.1) is 5.92 Å². The Morgan fingerprint density at radius 3 is 2.04 bits per heavy atom. The van der Waals surface area contributed by atoms with Gasteiger partial charge in [0.25, 0.3) is 0 Å². The second kappa shape index (κ2) is 13.0. The van der Waals surface area contributed by atoms with E-state index in [0.29, 0.717) is 0 Å². The summed E-state index contributed by atoms with van der Waals surface area (Å²) < 4.78 is 0. The van der Waals surface area contributed by atoms with Gasteiger partial charge in [0.15, 0.2) is 0 Å². The third kappa shape index (κ3) is 8.43. The van der Waals surface area contributed by atoms with E-state index in [4.69, 9.17) is 0 Å². The molecule has 146 valence electrons. The number of fused-ring (bicyclic) bond motifs is 1. The van der Waals surface area contributed by atoms with E-state index >= 15 is 0 Å². The predicted molar refractivity (Wildman–Crippen MR) is 117 cm³/mol. The van der Waals surface area contributed by atoms with Crippen molar-refractivity contribution in [2.24, 2.45) is 5.92 Å². The standard InChI is InChI=1S/C25H41N/c1-3-4-5-6-7-8-9-10-11-12-13-16-22(2)19-20-24-21-23-17-14-15-18-25(23)26-24/h14-15,17-18,21-22,26H,3-13,16,19-20H2,1-2H3. The average Bonchev–Trinajstić information content (AvgIpc) is 3.07. The van der Waals surface area contributed by atoms with Gasteiger partial charge in [0.1, 0.15) is 0 Å². The number of hydrogen-bond donors (Lipinski definition) is 1. The maximum Gasteiger partial charge on any atom is 0.0456 e. The molecule has 2 rings (SSSR count). The minimum Gasteiger partial charge on any atom is -0.358 e. The molecule has 1 nitrogen and oxygen atoms in total. The van der Waals surface area contributed by atoms with Gasteiger partial charge in [-0.2, -0.15) is 0 Å². The van der Waals surface area contributed by atoms with Gasteiger partial charge < -0.3 is 4.98 Å². The third-order valence-corrected chi connectivity index (χ3v) is 5.79. The molecule has 1 aromatic carbocycles. The second-order valence-electron chi connectivity index (χ2n) is 8.35. The van der Waals surface area contributed by atoms with E-state index in [2.05, 4.69) is 49.2 Å². The second-order valence-corrected chi connectivity index (χ2v) is 8.35. The Balaban J connectivity index is 1.43. The first-order valence-electron chi connectivity index (χ1n) is 11.4. The molecule has 0 aliphatic heterocycles. The smallest absolute Gasteiger partial charge is 0.0456 e. The van der Waals surface area contributed by atoms with Crippen LogP contribution < -0.4 is 0 Å². The number of H-pyrrole nitrogens is 1. The van der Waals surface area contributed by atoms with Crippen LogP contribution in [0.15, 0.2) is 30.3 Å². The highest BCUT2D eigenvalue weighted by Crippen LogP contribution is 2.20. The first kappa shape index (κ1) is 21.1. The summed E-state index contributed by atoms with van der Waals surface area (Å²) in [5.41, 5.74) is 2.68. The predicted octanol–water partition coefficient (Wildman–Crippen LogP) is 8.44. The molecule has 1 unspecified atom stereocenters. The molecule has 1 heteroatoms. The molecule has 0 saturated carbocycles. The summed E-state index contributed by atoms with van der Waals surface area (Å²) in [7, 11) is 0. The molecule has 1 N–H and O–H groups in total. The number of hydrogen-bond acceptors (Lipinski definition) is 0. The van der Waals surface area contributed by atoms with Crippen LogP contribution in [0.25, 0.3) is 10.9 Å². The quantitative estimate of drug-likeness (QED) is 0.308. The van der Waals surface area contributed by atoms with Crippen molar-refractivity contribution in [3.05, 3.63) is 36.0 Å². The Hall–Kier alpha value is -1.24. The molecule has 0 fully saturated rings. The highest BCUT2D eigenvalue weighted by molar-refractivity contribution is 5.80. The van der Waals surface area contributed by atoms with Gasteiger partial charge in [-0.3, -0.25) is 0 Å². The Morgan fingerprint density at radius 1 is 0.769 bits per heavy atom. The van der Waals surface area contributed by atoms with Crippen molar-refractivity contribution in [1.82, 2.24) is 4.98 Å². The lowest BCUT2D eigenvalue weighted by atomic mass is 9.96. The maximum atomic E-state index is 3.56. The topological polar surface area (TPSA) is 15.8 Å². The monoisotopic (exact) mass is 355 g/mol. The van der Waals surface area contributed by atoms with Gasteiger partial charge >= 0.3 is 0 Å². The van der Waals surface area contributed by atoms with Crippen LogP contribution in [0.5, 0.6) is 0 Å². The minimum atomic E-state index is 0.847. The van der Waals surface area contributed by atoms with E-state index in [-0.39, 0.29) is 0 Å². The molecule has 1 aromatic heterocycles. The van der Waals surface area contributed by atoms with Crippen molar-refractivity contribution in [3.8, 4) is 0 Å². The molecule has 26 heavy (non-hydrogen) atoms. The number of aromatic nitrogens is 1. The number of aromatic amines is 1. The van der Waals surface area contributed by atoms with E-state index < -0.39 is 0 Å². The van der Waals surface area contributed by atoms with Crippen molar-refractivity contribution < 1.29 is 0 Å². The van der Waals surface area contributed by atoms with Crippen molar-refractivity contribution in [1.29, 1.82) is 0 Å². The van der Waals surface area contributed by atoms with Crippen LogP contribution >= 0.6 is 0 Å². The van der Waals surface area contributed by atoms with E-state index in [1.807, 2.05) is 0 Å². The van der Waals surface area contributed by atoms with Crippen LogP contribution in [0.2, 0.25) is 0 Å². The fraction of sp³-hybridized carbons (Fsp3) is 0.680.